The lowest BCUT2D eigenvalue weighted by atomic mass is 9.69. The predicted molar refractivity (Wildman–Crippen MR) is 63.6 cm³/mol. The Morgan fingerprint density at radius 1 is 1.33 bits per heavy atom. The molecular weight excluding hydrogens is 232 g/mol. The third kappa shape index (κ3) is 1.17. The highest BCUT2D eigenvalue weighted by Crippen LogP contribution is 2.52. The molecule has 96 valence electrons. The normalized spacial score (nSPS) is 35.7. The number of fused-ring (bicyclic) bond motifs is 5. The van der Waals surface area contributed by atoms with E-state index < -0.39 is 0 Å². The monoisotopic (exact) mass is 248 g/mol. The molecule has 0 aromatic heterocycles. The van der Waals surface area contributed by atoms with Gasteiger partial charge in [-0.05, 0) is 42.5 Å². The number of ether oxygens (including phenoxy) is 3. The average molecular weight is 248 g/mol. The van der Waals surface area contributed by atoms with Crippen LogP contribution in [0.5, 0.6) is 11.5 Å². The Kier molecular flexibility index (Phi) is 2.01. The summed E-state index contributed by atoms with van der Waals surface area (Å²) in [6.07, 6.45) is 0.951. The minimum atomic E-state index is -0.381. The lowest BCUT2D eigenvalue weighted by molar-refractivity contribution is -0.0260. The second kappa shape index (κ2) is 3.39. The SMILES string of the molecule is C[C@]12OC[C@@H](Cc3cc4c(cc31)OCO4)[C@@H]2CO. The molecule has 1 aliphatic carbocycles. The second-order valence-corrected chi connectivity index (χ2v) is 5.53. The number of aliphatic hydroxyl groups is 1. The zero-order valence-corrected chi connectivity index (χ0v) is 10.3. The van der Waals surface area contributed by atoms with Gasteiger partial charge < -0.3 is 19.3 Å². The van der Waals surface area contributed by atoms with Gasteiger partial charge in [-0.1, -0.05) is 0 Å². The van der Waals surface area contributed by atoms with Crippen molar-refractivity contribution in [3.8, 4) is 11.5 Å². The summed E-state index contributed by atoms with van der Waals surface area (Å²) < 4.78 is 16.9. The van der Waals surface area contributed by atoms with E-state index >= 15 is 0 Å². The van der Waals surface area contributed by atoms with Crippen LogP contribution in [0.25, 0.3) is 0 Å². The molecule has 2 bridgehead atoms. The van der Waals surface area contributed by atoms with Crippen LogP contribution in [0.4, 0.5) is 0 Å². The van der Waals surface area contributed by atoms with E-state index in [4.69, 9.17) is 14.2 Å². The third-order valence-corrected chi connectivity index (χ3v) is 4.69. The first-order valence-electron chi connectivity index (χ1n) is 6.40. The van der Waals surface area contributed by atoms with E-state index in [-0.39, 0.29) is 18.1 Å². The molecule has 4 nitrogen and oxygen atoms in total. The fraction of sp³-hybridized carbons (Fsp3) is 0.571. The average Bonchev–Trinajstić information content (AvgIpc) is 2.90. The molecule has 2 aliphatic heterocycles. The Balaban J connectivity index is 1.89. The molecule has 18 heavy (non-hydrogen) atoms. The zero-order chi connectivity index (χ0) is 12.3. The largest absolute Gasteiger partial charge is 0.454 e. The first kappa shape index (κ1) is 10.6. The predicted octanol–water partition coefficient (Wildman–Crippen LogP) is 1.44. The van der Waals surface area contributed by atoms with Crippen molar-refractivity contribution in [2.45, 2.75) is 18.9 Å². The van der Waals surface area contributed by atoms with Crippen molar-refractivity contribution in [3.63, 3.8) is 0 Å². The Morgan fingerprint density at radius 3 is 2.89 bits per heavy atom. The molecule has 0 spiro atoms. The number of rotatable bonds is 1. The molecule has 0 unspecified atom stereocenters. The fourth-order valence-corrected chi connectivity index (χ4v) is 3.65. The Bertz CT molecular complexity index is 513. The van der Waals surface area contributed by atoms with Crippen LogP contribution in [0.3, 0.4) is 0 Å². The maximum absolute atomic E-state index is 9.62. The molecule has 0 radical (unpaired) electrons. The van der Waals surface area contributed by atoms with Crippen molar-refractivity contribution >= 4 is 0 Å². The van der Waals surface area contributed by atoms with Gasteiger partial charge in [0.1, 0.15) is 0 Å². The molecule has 1 aromatic carbocycles. The molecule has 3 atom stereocenters. The highest BCUT2D eigenvalue weighted by atomic mass is 16.7. The summed E-state index contributed by atoms with van der Waals surface area (Å²) in [5, 5.41) is 9.62. The third-order valence-electron chi connectivity index (χ3n) is 4.69. The molecule has 1 fully saturated rings. The Hall–Kier alpha value is -1.26. The van der Waals surface area contributed by atoms with Gasteiger partial charge in [0.2, 0.25) is 6.79 Å². The summed E-state index contributed by atoms with van der Waals surface area (Å²) in [4.78, 5) is 0. The minimum Gasteiger partial charge on any atom is -0.454 e. The molecule has 2 heterocycles. The first-order chi connectivity index (χ1) is 8.72. The van der Waals surface area contributed by atoms with Gasteiger partial charge in [0.15, 0.2) is 11.5 Å². The van der Waals surface area contributed by atoms with Gasteiger partial charge in [0.25, 0.3) is 0 Å². The van der Waals surface area contributed by atoms with Crippen LogP contribution in [0, 0.1) is 11.8 Å². The highest BCUT2D eigenvalue weighted by molar-refractivity contribution is 5.52. The van der Waals surface area contributed by atoms with Crippen molar-refractivity contribution in [1.29, 1.82) is 0 Å². The van der Waals surface area contributed by atoms with Gasteiger partial charge in [-0.3, -0.25) is 0 Å². The Labute approximate surface area is 105 Å². The molecule has 1 aromatic rings. The molecule has 1 saturated heterocycles. The van der Waals surface area contributed by atoms with Crippen LogP contribution >= 0.6 is 0 Å². The molecule has 0 amide bonds. The number of hydrogen-bond acceptors (Lipinski definition) is 4. The lowest BCUT2D eigenvalue weighted by Crippen LogP contribution is -2.38. The quantitative estimate of drug-likeness (QED) is 0.817. The topological polar surface area (TPSA) is 47.9 Å². The number of aliphatic hydroxyl groups excluding tert-OH is 1. The summed E-state index contributed by atoms with van der Waals surface area (Å²) in [7, 11) is 0. The summed E-state index contributed by atoms with van der Waals surface area (Å²) in [5.74, 6) is 2.22. The van der Waals surface area contributed by atoms with Crippen LogP contribution in [0.2, 0.25) is 0 Å². The van der Waals surface area contributed by atoms with Crippen molar-refractivity contribution in [3.05, 3.63) is 23.3 Å². The smallest absolute Gasteiger partial charge is 0.231 e. The number of benzene rings is 1. The van der Waals surface area contributed by atoms with E-state index in [1.54, 1.807) is 0 Å². The van der Waals surface area contributed by atoms with E-state index in [0.29, 0.717) is 12.7 Å². The maximum atomic E-state index is 9.62. The maximum Gasteiger partial charge on any atom is 0.231 e. The van der Waals surface area contributed by atoms with Crippen molar-refractivity contribution in [2.75, 3.05) is 20.0 Å². The fourth-order valence-electron chi connectivity index (χ4n) is 3.65. The summed E-state index contributed by atoms with van der Waals surface area (Å²) >= 11 is 0. The van der Waals surface area contributed by atoms with Gasteiger partial charge in [-0.25, -0.2) is 0 Å². The van der Waals surface area contributed by atoms with Gasteiger partial charge in [-0.15, -0.1) is 0 Å². The molecule has 4 rings (SSSR count). The van der Waals surface area contributed by atoms with E-state index in [0.717, 1.165) is 30.1 Å². The highest BCUT2D eigenvalue weighted by Gasteiger charge is 2.52. The van der Waals surface area contributed by atoms with E-state index in [9.17, 15) is 5.11 Å². The van der Waals surface area contributed by atoms with Crippen molar-refractivity contribution < 1.29 is 19.3 Å². The standard InChI is InChI=1S/C14H16O4/c1-14-10-4-13-12(16-7-17-13)3-8(10)2-9(6-18-14)11(14)5-15/h3-4,9,11,15H,2,5-7H2,1H3/t9-,11+,14+/m1/s1. The van der Waals surface area contributed by atoms with Gasteiger partial charge >= 0.3 is 0 Å². The second-order valence-electron chi connectivity index (χ2n) is 5.53. The molecule has 4 heteroatoms. The first-order valence-corrected chi connectivity index (χ1v) is 6.40. The van der Waals surface area contributed by atoms with Crippen LogP contribution in [-0.4, -0.2) is 25.1 Å². The minimum absolute atomic E-state index is 0.176. The Morgan fingerprint density at radius 2 is 2.11 bits per heavy atom. The lowest BCUT2D eigenvalue weighted by Gasteiger charge is -2.37. The van der Waals surface area contributed by atoms with Gasteiger partial charge in [-0.2, -0.15) is 0 Å². The molecule has 1 N–H and O–H groups in total. The molecule has 3 aliphatic rings. The van der Waals surface area contributed by atoms with Crippen LogP contribution in [0.1, 0.15) is 18.1 Å². The van der Waals surface area contributed by atoms with Gasteiger partial charge in [0, 0.05) is 12.5 Å². The summed E-state index contributed by atoms with van der Waals surface area (Å²) in [6.45, 7) is 3.27. The summed E-state index contributed by atoms with van der Waals surface area (Å²) in [5.41, 5.74) is 2.04. The van der Waals surface area contributed by atoms with Crippen LogP contribution in [-0.2, 0) is 16.8 Å². The van der Waals surface area contributed by atoms with E-state index in [1.165, 1.54) is 5.56 Å². The van der Waals surface area contributed by atoms with Crippen LogP contribution < -0.4 is 9.47 Å². The van der Waals surface area contributed by atoms with E-state index in [2.05, 4.69) is 13.0 Å². The summed E-state index contributed by atoms with van der Waals surface area (Å²) in [6, 6.07) is 4.10. The van der Waals surface area contributed by atoms with Crippen LogP contribution in [0.15, 0.2) is 12.1 Å². The van der Waals surface area contributed by atoms with E-state index in [1.807, 2.05) is 6.07 Å². The number of hydrogen-bond donors (Lipinski definition) is 1. The van der Waals surface area contributed by atoms with Gasteiger partial charge in [0.05, 0.1) is 12.2 Å². The molecular formula is C14H16O4. The van der Waals surface area contributed by atoms with Crippen molar-refractivity contribution in [2.24, 2.45) is 11.8 Å². The van der Waals surface area contributed by atoms with Crippen molar-refractivity contribution in [1.82, 2.24) is 0 Å². The zero-order valence-electron chi connectivity index (χ0n) is 10.3. The molecule has 0 saturated carbocycles.